The lowest BCUT2D eigenvalue weighted by Crippen LogP contribution is -2.54. The third-order valence-corrected chi connectivity index (χ3v) is 4.45. The van der Waals surface area contributed by atoms with E-state index in [1.165, 1.54) is 7.05 Å². The normalized spacial score (nSPS) is 31.3. The molecular formula is C14H23N3O3. The first-order valence-electron chi connectivity index (χ1n) is 7.33. The van der Waals surface area contributed by atoms with Crippen molar-refractivity contribution in [2.24, 2.45) is 17.6 Å². The minimum absolute atomic E-state index is 0.0481. The van der Waals surface area contributed by atoms with Crippen molar-refractivity contribution < 1.29 is 14.4 Å². The van der Waals surface area contributed by atoms with Gasteiger partial charge in [0.1, 0.15) is 6.04 Å². The Morgan fingerprint density at radius 3 is 2.80 bits per heavy atom. The van der Waals surface area contributed by atoms with Gasteiger partial charge in [-0.3, -0.25) is 19.3 Å². The van der Waals surface area contributed by atoms with Gasteiger partial charge in [-0.05, 0) is 38.1 Å². The second-order valence-corrected chi connectivity index (χ2v) is 5.86. The van der Waals surface area contributed by atoms with E-state index in [-0.39, 0.29) is 23.6 Å². The van der Waals surface area contributed by atoms with Crippen LogP contribution in [0.15, 0.2) is 0 Å². The number of rotatable bonds is 3. The Hall–Kier alpha value is -1.43. The highest BCUT2D eigenvalue weighted by molar-refractivity contribution is 6.01. The molecule has 2 aliphatic rings. The van der Waals surface area contributed by atoms with Gasteiger partial charge in [-0.2, -0.15) is 0 Å². The fourth-order valence-corrected chi connectivity index (χ4v) is 3.08. The van der Waals surface area contributed by atoms with Crippen LogP contribution in [-0.4, -0.2) is 42.3 Å². The van der Waals surface area contributed by atoms with Crippen molar-refractivity contribution in [3.05, 3.63) is 0 Å². The summed E-state index contributed by atoms with van der Waals surface area (Å²) in [5.74, 6) is -0.190. The Kier molecular flexibility index (Phi) is 4.75. The average Bonchev–Trinajstić information content (AvgIpc) is 2.48. The molecule has 1 heterocycles. The van der Waals surface area contributed by atoms with Crippen LogP contribution in [0.5, 0.6) is 0 Å². The predicted octanol–water partition coefficient (Wildman–Crippen LogP) is 0.0151. The van der Waals surface area contributed by atoms with Crippen LogP contribution in [-0.2, 0) is 14.4 Å². The third-order valence-electron chi connectivity index (χ3n) is 4.45. The van der Waals surface area contributed by atoms with Crippen LogP contribution in [0.3, 0.4) is 0 Å². The molecule has 112 valence electrons. The summed E-state index contributed by atoms with van der Waals surface area (Å²) in [4.78, 5) is 36.7. The Morgan fingerprint density at radius 2 is 2.10 bits per heavy atom. The molecule has 3 atom stereocenters. The molecule has 6 nitrogen and oxygen atoms in total. The summed E-state index contributed by atoms with van der Waals surface area (Å²) in [5, 5.41) is 2.81. The van der Waals surface area contributed by atoms with E-state index in [0.717, 1.165) is 30.6 Å². The van der Waals surface area contributed by atoms with Crippen molar-refractivity contribution in [1.82, 2.24) is 10.2 Å². The molecule has 3 amide bonds. The number of hydrogen-bond donors (Lipinski definition) is 2. The third kappa shape index (κ3) is 3.17. The Morgan fingerprint density at radius 1 is 1.35 bits per heavy atom. The quantitative estimate of drug-likeness (QED) is 0.713. The highest BCUT2D eigenvalue weighted by Crippen LogP contribution is 2.28. The van der Waals surface area contributed by atoms with Crippen molar-refractivity contribution in [1.29, 1.82) is 0 Å². The van der Waals surface area contributed by atoms with Crippen molar-refractivity contribution in [3.63, 3.8) is 0 Å². The van der Waals surface area contributed by atoms with Crippen LogP contribution in [0.25, 0.3) is 0 Å². The van der Waals surface area contributed by atoms with Gasteiger partial charge in [-0.15, -0.1) is 0 Å². The van der Waals surface area contributed by atoms with E-state index in [2.05, 4.69) is 5.32 Å². The van der Waals surface area contributed by atoms with Crippen molar-refractivity contribution in [3.8, 4) is 0 Å². The van der Waals surface area contributed by atoms with Gasteiger partial charge in [-0.1, -0.05) is 6.42 Å². The number of piperidine rings is 1. The maximum absolute atomic E-state index is 12.3. The molecule has 3 N–H and O–H groups in total. The zero-order valence-corrected chi connectivity index (χ0v) is 11.9. The number of nitrogens with two attached hydrogens (primary N) is 1. The Bertz CT molecular complexity index is 410. The zero-order valence-electron chi connectivity index (χ0n) is 11.9. The van der Waals surface area contributed by atoms with Gasteiger partial charge in [-0.25, -0.2) is 0 Å². The molecule has 0 aromatic rings. The monoisotopic (exact) mass is 281 g/mol. The number of nitrogens with one attached hydrogen (secondary N) is 1. The van der Waals surface area contributed by atoms with Gasteiger partial charge >= 0.3 is 0 Å². The number of imide groups is 1. The van der Waals surface area contributed by atoms with Crippen molar-refractivity contribution in [2.45, 2.75) is 44.6 Å². The number of amides is 3. The largest absolute Gasteiger partial charge is 0.344 e. The summed E-state index contributed by atoms with van der Waals surface area (Å²) in [6, 6.07) is -0.552. The van der Waals surface area contributed by atoms with Crippen molar-refractivity contribution in [2.75, 3.05) is 13.6 Å². The molecule has 1 aliphatic carbocycles. The lowest BCUT2D eigenvalue weighted by atomic mass is 9.81. The molecule has 2 rings (SSSR count). The maximum atomic E-state index is 12.3. The summed E-state index contributed by atoms with van der Waals surface area (Å²) >= 11 is 0. The number of carbonyl (C=O) groups is 3. The van der Waals surface area contributed by atoms with Gasteiger partial charge in [0.05, 0.1) is 0 Å². The lowest BCUT2D eigenvalue weighted by Gasteiger charge is -2.31. The fourth-order valence-electron chi connectivity index (χ4n) is 3.08. The first-order valence-corrected chi connectivity index (χ1v) is 7.33. The second-order valence-electron chi connectivity index (χ2n) is 5.86. The van der Waals surface area contributed by atoms with Crippen LogP contribution in [0.1, 0.15) is 38.5 Å². The number of hydrogen-bond acceptors (Lipinski definition) is 4. The summed E-state index contributed by atoms with van der Waals surface area (Å²) in [7, 11) is 1.47. The number of likely N-dealkylation sites (tertiary alicyclic amines) is 1. The second kappa shape index (κ2) is 6.35. The molecule has 20 heavy (non-hydrogen) atoms. The van der Waals surface area contributed by atoms with Gasteiger partial charge in [0, 0.05) is 19.4 Å². The molecule has 0 bridgehead atoms. The van der Waals surface area contributed by atoms with Gasteiger partial charge in [0.2, 0.25) is 11.8 Å². The van der Waals surface area contributed by atoms with Gasteiger partial charge in [0.25, 0.3) is 5.91 Å². The average molecular weight is 281 g/mol. The highest BCUT2D eigenvalue weighted by Gasteiger charge is 2.35. The summed E-state index contributed by atoms with van der Waals surface area (Å²) < 4.78 is 0. The topological polar surface area (TPSA) is 92.5 Å². The Balaban J connectivity index is 1.91. The van der Waals surface area contributed by atoms with Crippen LogP contribution < -0.4 is 11.1 Å². The lowest BCUT2D eigenvalue weighted by molar-refractivity contribution is -0.149. The minimum Gasteiger partial charge on any atom is -0.344 e. The maximum Gasteiger partial charge on any atom is 0.251 e. The van der Waals surface area contributed by atoms with E-state index in [4.69, 9.17) is 5.73 Å². The van der Waals surface area contributed by atoms with Crippen LogP contribution in [0.2, 0.25) is 0 Å². The van der Waals surface area contributed by atoms with E-state index >= 15 is 0 Å². The molecule has 0 spiro atoms. The van der Waals surface area contributed by atoms with E-state index in [0.29, 0.717) is 25.3 Å². The molecule has 2 fully saturated rings. The van der Waals surface area contributed by atoms with Gasteiger partial charge < -0.3 is 11.1 Å². The zero-order chi connectivity index (χ0) is 14.7. The van der Waals surface area contributed by atoms with E-state index < -0.39 is 6.04 Å². The Labute approximate surface area is 119 Å². The number of likely N-dealkylation sites (N-methyl/N-ethyl adjacent to an activating group) is 1. The molecule has 0 radical (unpaired) electrons. The minimum atomic E-state index is -0.552. The smallest absolute Gasteiger partial charge is 0.251 e. The predicted molar refractivity (Wildman–Crippen MR) is 73.4 cm³/mol. The van der Waals surface area contributed by atoms with Crippen molar-refractivity contribution >= 4 is 17.7 Å². The van der Waals surface area contributed by atoms with Crippen LogP contribution >= 0.6 is 0 Å². The summed E-state index contributed by atoms with van der Waals surface area (Å²) in [5.41, 5.74) is 5.68. The number of carbonyl (C=O) groups excluding carboxylic acids is 3. The molecule has 1 saturated carbocycles. The first kappa shape index (κ1) is 15.0. The molecular weight excluding hydrogens is 258 g/mol. The molecule has 3 unspecified atom stereocenters. The highest BCUT2D eigenvalue weighted by atomic mass is 16.2. The van der Waals surface area contributed by atoms with E-state index in [9.17, 15) is 14.4 Å². The molecule has 1 saturated heterocycles. The SMILES string of the molecule is CN1C(=O)CCC(NC(=O)C2CCCC(CN)C2)C1=O. The first-order chi connectivity index (χ1) is 9.52. The fraction of sp³-hybridized carbons (Fsp3) is 0.786. The summed E-state index contributed by atoms with van der Waals surface area (Å²) in [6.07, 6.45) is 4.47. The van der Waals surface area contributed by atoms with Crippen LogP contribution in [0, 0.1) is 11.8 Å². The van der Waals surface area contributed by atoms with Gasteiger partial charge in [0.15, 0.2) is 0 Å². The molecule has 6 heteroatoms. The molecule has 0 aromatic carbocycles. The molecule has 0 aromatic heterocycles. The van der Waals surface area contributed by atoms with Crippen LogP contribution in [0.4, 0.5) is 0 Å². The van der Waals surface area contributed by atoms with E-state index in [1.54, 1.807) is 0 Å². The standard InChI is InChI=1S/C14H23N3O3/c1-17-12(18)6-5-11(14(17)20)16-13(19)10-4-2-3-9(7-10)8-15/h9-11H,2-8,15H2,1H3,(H,16,19). The van der Waals surface area contributed by atoms with E-state index in [1.807, 2.05) is 0 Å². The number of nitrogens with zero attached hydrogens (tertiary/aromatic N) is 1. The molecule has 1 aliphatic heterocycles. The summed E-state index contributed by atoms with van der Waals surface area (Å²) in [6.45, 7) is 0.614.